The SMILES string of the molecule is CCOc1ccc2[nH]c(=O)c(CN(Cc3cccs3)[C@@H](CC)c3nnnn3C(C)(C)CC)cc2c1. The third-order valence-corrected chi connectivity index (χ3v) is 7.43. The Balaban J connectivity index is 1.75. The van der Waals surface area contributed by atoms with E-state index in [2.05, 4.69) is 70.6 Å². The number of nitrogens with one attached hydrogen (secondary N) is 1. The van der Waals surface area contributed by atoms with Crippen LogP contribution in [0.2, 0.25) is 0 Å². The molecule has 4 rings (SSSR count). The average molecular weight is 495 g/mol. The number of nitrogens with zero attached hydrogens (tertiary/aromatic N) is 5. The Kier molecular flexibility index (Phi) is 7.66. The minimum atomic E-state index is -0.211. The number of pyridine rings is 1. The molecule has 1 aromatic carbocycles. The summed E-state index contributed by atoms with van der Waals surface area (Å²) in [6.07, 6.45) is 1.71. The van der Waals surface area contributed by atoms with Crippen molar-refractivity contribution in [2.45, 2.75) is 72.1 Å². The molecule has 0 radical (unpaired) electrons. The van der Waals surface area contributed by atoms with Crippen molar-refractivity contribution in [2.75, 3.05) is 6.61 Å². The van der Waals surface area contributed by atoms with Crippen LogP contribution < -0.4 is 10.3 Å². The number of fused-ring (bicyclic) bond motifs is 1. The molecule has 35 heavy (non-hydrogen) atoms. The first-order valence-corrected chi connectivity index (χ1v) is 13.1. The molecule has 186 valence electrons. The molecule has 0 aliphatic heterocycles. The van der Waals surface area contributed by atoms with Crippen LogP contribution >= 0.6 is 11.3 Å². The number of hydrogen-bond donors (Lipinski definition) is 1. The fourth-order valence-electron chi connectivity index (χ4n) is 4.29. The summed E-state index contributed by atoms with van der Waals surface area (Å²) in [4.78, 5) is 19.7. The molecule has 4 aromatic rings. The van der Waals surface area contributed by atoms with Gasteiger partial charge in [-0.2, -0.15) is 0 Å². The molecule has 0 saturated heterocycles. The van der Waals surface area contributed by atoms with Gasteiger partial charge in [-0.25, -0.2) is 4.68 Å². The lowest BCUT2D eigenvalue weighted by Crippen LogP contribution is -2.35. The highest BCUT2D eigenvalue weighted by molar-refractivity contribution is 7.09. The molecule has 0 unspecified atom stereocenters. The number of thiophene rings is 1. The fraction of sp³-hybridized carbons (Fsp3) is 0.462. The van der Waals surface area contributed by atoms with E-state index in [4.69, 9.17) is 4.74 Å². The summed E-state index contributed by atoms with van der Waals surface area (Å²) in [6, 6.07) is 11.9. The fourth-order valence-corrected chi connectivity index (χ4v) is 5.02. The van der Waals surface area contributed by atoms with Crippen LogP contribution in [0.4, 0.5) is 0 Å². The van der Waals surface area contributed by atoms with E-state index < -0.39 is 0 Å². The summed E-state index contributed by atoms with van der Waals surface area (Å²) in [6.45, 7) is 12.3. The molecule has 1 N–H and O–H groups in total. The Labute approximate surface area is 209 Å². The van der Waals surface area contributed by atoms with Gasteiger partial charge in [0.15, 0.2) is 5.82 Å². The summed E-state index contributed by atoms with van der Waals surface area (Å²) in [5.74, 6) is 1.62. The van der Waals surface area contributed by atoms with Crippen molar-refractivity contribution in [1.82, 2.24) is 30.1 Å². The third-order valence-electron chi connectivity index (χ3n) is 6.57. The van der Waals surface area contributed by atoms with Gasteiger partial charge in [-0.3, -0.25) is 9.69 Å². The summed E-state index contributed by atoms with van der Waals surface area (Å²) in [5.41, 5.74) is 1.21. The maximum absolute atomic E-state index is 13.1. The van der Waals surface area contributed by atoms with Gasteiger partial charge in [-0.05, 0) is 79.8 Å². The average Bonchev–Trinajstić information content (AvgIpc) is 3.53. The first-order valence-electron chi connectivity index (χ1n) is 12.2. The number of ether oxygens (including phenoxy) is 1. The Morgan fingerprint density at radius 1 is 1.17 bits per heavy atom. The number of rotatable bonds is 11. The summed E-state index contributed by atoms with van der Waals surface area (Å²) >= 11 is 1.71. The Morgan fingerprint density at radius 2 is 2.00 bits per heavy atom. The monoisotopic (exact) mass is 494 g/mol. The van der Waals surface area contributed by atoms with Gasteiger partial charge in [0.05, 0.1) is 18.2 Å². The van der Waals surface area contributed by atoms with Crippen molar-refractivity contribution >= 4 is 22.2 Å². The van der Waals surface area contributed by atoms with E-state index in [9.17, 15) is 4.79 Å². The molecule has 0 bridgehead atoms. The second-order valence-corrected chi connectivity index (χ2v) is 10.4. The van der Waals surface area contributed by atoms with Crippen molar-refractivity contribution in [3.63, 3.8) is 0 Å². The normalized spacial score (nSPS) is 13.0. The van der Waals surface area contributed by atoms with Gasteiger partial charge >= 0.3 is 0 Å². The van der Waals surface area contributed by atoms with Gasteiger partial charge in [0.1, 0.15) is 5.75 Å². The highest BCUT2D eigenvalue weighted by Crippen LogP contribution is 2.31. The van der Waals surface area contributed by atoms with E-state index >= 15 is 0 Å². The third kappa shape index (κ3) is 5.46. The van der Waals surface area contributed by atoms with Crippen LogP contribution in [0.25, 0.3) is 10.9 Å². The van der Waals surface area contributed by atoms with Crippen LogP contribution in [0, 0.1) is 0 Å². The van der Waals surface area contributed by atoms with Crippen molar-refractivity contribution in [3.05, 3.63) is 68.4 Å². The van der Waals surface area contributed by atoms with Gasteiger partial charge in [0.2, 0.25) is 0 Å². The van der Waals surface area contributed by atoms with Crippen LogP contribution in [-0.2, 0) is 18.6 Å². The van der Waals surface area contributed by atoms with E-state index in [1.807, 2.05) is 35.9 Å². The molecular weight excluding hydrogens is 460 g/mol. The standard InChI is InChI=1S/C26H34N6O2S/c1-6-23(24-28-29-30-32(24)26(4,5)7-2)31(17-21-10-9-13-35-21)16-19-14-18-15-20(34-8-3)11-12-22(18)27-25(19)33/h9-15,23H,6-8,16-17H2,1-5H3,(H,27,33)/t23-/m0/s1. The molecule has 0 aliphatic rings. The maximum Gasteiger partial charge on any atom is 0.252 e. The second kappa shape index (κ2) is 10.7. The quantitative estimate of drug-likeness (QED) is 0.305. The molecule has 1 atom stereocenters. The second-order valence-electron chi connectivity index (χ2n) is 9.33. The number of benzene rings is 1. The molecule has 3 heterocycles. The van der Waals surface area contributed by atoms with Crippen LogP contribution in [0.5, 0.6) is 5.75 Å². The number of aromatic amines is 1. The number of H-pyrrole nitrogens is 1. The zero-order chi connectivity index (χ0) is 25.0. The van der Waals surface area contributed by atoms with Gasteiger partial charge < -0.3 is 9.72 Å². The van der Waals surface area contributed by atoms with Crippen molar-refractivity contribution in [1.29, 1.82) is 0 Å². The Bertz CT molecular complexity index is 1310. The lowest BCUT2D eigenvalue weighted by atomic mass is 10.0. The topological polar surface area (TPSA) is 88.9 Å². The minimum Gasteiger partial charge on any atom is -0.494 e. The molecule has 9 heteroatoms. The van der Waals surface area contributed by atoms with Gasteiger partial charge in [-0.1, -0.05) is 19.9 Å². The number of aromatic nitrogens is 5. The van der Waals surface area contributed by atoms with E-state index in [0.29, 0.717) is 25.3 Å². The summed E-state index contributed by atoms with van der Waals surface area (Å²) in [7, 11) is 0. The largest absolute Gasteiger partial charge is 0.494 e. The molecule has 0 spiro atoms. The first-order chi connectivity index (χ1) is 16.9. The zero-order valence-corrected chi connectivity index (χ0v) is 21.9. The van der Waals surface area contributed by atoms with Crippen molar-refractivity contribution in [3.8, 4) is 5.75 Å². The van der Waals surface area contributed by atoms with E-state index in [1.54, 1.807) is 11.3 Å². The molecule has 8 nitrogen and oxygen atoms in total. The Morgan fingerprint density at radius 3 is 2.69 bits per heavy atom. The van der Waals surface area contributed by atoms with Crippen LogP contribution in [0.15, 0.2) is 46.6 Å². The highest BCUT2D eigenvalue weighted by Gasteiger charge is 2.31. The van der Waals surface area contributed by atoms with E-state index in [-0.39, 0.29) is 17.1 Å². The molecule has 0 aliphatic carbocycles. The summed E-state index contributed by atoms with van der Waals surface area (Å²) < 4.78 is 7.62. The predicted octanol–water partition coefficient (Wildman–Crippen LogP) is 5.27. The summed E-state index contributed by atoms with van der Waals surface area (Å²) in [5, 5.41) is 15.9. The molecule has 3 aromatic heterocycles. The predicted molar refractivity (Wildman–Crippen MR) is 140 cm³/mol. The van der Waals surface area contributed by atoms with Crippen LogP contribution in [-0.4, -0.2) is 36.7 Å². The number of hydrogen-bond acceptors (Lipinski definition) is 7. The van der Waals surface area contributed by atoms with Crippen LogP contribution in [0.1, 0.15) is 69.8 Å². The highest BCUT2D eigenvalue weighted by atomic mass is 32.1. The Hall–Kier alpha value is -3.04. The lowest BCUT2D eigenvalue weighted by Gasteiger charge is -2.32. The lowest BCUT2D eigenvalue weighted by molar-refractivity contribution is 0.152. The van der Waals surface area contributed by atoms with Gasteiger partial charge in [-0.15, -0.1) is 16.4 Å². The van der Waals surface area contributed by atoms with E-state index in [0.717, 1.165) is 35.3 Å². The van der Waals surface area contributed by atoms with Gasteiger partial charge in [0.25, 0.3) is 5.56 Å². The zero-order valence-electron chi connectivity index (χ0n) is 21.1. The van der Waals surface area contributed by atoms with E-state index in [1.165, 1.54) is 4.88 Å². The first kappa shape index (κ1) is 25.1. The molecule has 0 amide bonds. The molecular formula is C26H34N6O2S. The van der Waals surface area contributed by atoms with Gasteiger partial charge in [0, 0.05) is 34.4 Å². The minimum absolute atomic E-state index is 0.0530. The smallest absolute Gasteiger partial charge is 0.252 e. The molecule has 0 saturated carbocycles. The maximum atomic E-state index is 13.1. The van der Waals surface area contributed by atoms with Crippen LogP contribution in [0.3, 0.4) is 0 Å². The van der Waals surface area contributed by atoms with Crippen molar-refractivity contribution < 1.29 is 4.74 Å². The number of tetrazole rings is 1. The van der Waals surface area contributed by atoms with Crippen molar-refractivity contribution in [2.24, 2.45) is 0 Å². The molecule has 0 fully saturated rings.